The molecule has 0 fully saturated rings. The molecule has 1 N–H and O–H groups in total. The summed E-state index contributed by atoms with van der Waals surface area (Å²) in [5.41, 5.74) is -0.464. The van der Waals surface area contributed by atoms with Gasteiger partial charge in [-0.1, -0.05) is 5.92 Å². The first-order valence-corrected chi connectivity index (χ1v) is 4.64. The minimum atomic E-state index is -1.43. The molecular formula is C10H9N3O5. The molecule has 8 heteroatoms. The van der Waals surface area contributed by atoms with Crippen LogP contribution in [0.2, 0.25) is 0 Å². The smallest absolute Gasteiger partial charge is 0.414 e. The molecule has 0 unspecified atom stereocenters. The maximum atomic E-state index is 11.0. The number of hydrogen-bond donors (Lipinski definition) is 1. The highest BCUT2D eigenvalue weighted by atomic mass is 16.6. The predicted octanol–water partition coefficient (Wildman–Crippen LogP) is 1.12. The van der Waals surface area contributed by atoms with Crippen molar-refractivity contribution >= 4 is 17.6 Å². The highest BCUT2D eigenvalue weighted by Crippen LogP contribution is 2.28. The number of terminal acetylenes is 1. The molecule has 0 aliphatic rings. The van der Waals surface area contributed by atoms with Gasteiger partial charge in [-0.25, -0.2) is 9.69 Å². The van der Waals surface area contributed by atoms with Crippen molar-refractivity contribution in [3.8, 4) is 18.2 Å². The van der Waals surface area contributed by atoms with Crippen LogP contribution in [0.25, 0.3) is 0 Å². The van der Waals surface area contributed by atoms with Crippen molar-refractivity contribution in [3.63, 3.8) is 0 Å². The summed E-state index contributed by atoms with van der Waals surface area (Å²) in [5, 5.41) is 19.8. The molecule has 0 bridgehead atoms. The van der Waals surface area contributed by atoms with Gasteiger partial charge in [0, 0.05) is 12.1 Å². The van der Waals surface area contributed by atoms with Crippen LogP contribution in [0.15, 0.2) is 12.1 Å². The van der Waals surface area contributed by atoms with Gasteiger partial charge in [-0.3, -0.25) is 10.1 Å². The van der Waals surface area contributed by atoms with Crippen LogP contribution in [-0.2, 0) is 0 Å². The van der Waals surface area contributed by atoms with Gasteiger partial charge in [0.05, 0.1) is 18.6 Å². The lowest BCUT2D eigenvalue weighted by molar-refractivity contribution is -0.384. The van der Waals surface area contributed by atoms with E-state index in [1.165, 1.54) is 13.2 Å². The maximum Gasteiger partial charge on any atom is 0.414 e. The fourth-order valence-electron chi connectivity index (χ4n) is 1.20. The van der Waals surface area contributed by atoms with Crippen molar-refractivity contribution in [2.45, 2.75) is 0 Å². The van der Waals surface area contributed by atoms with Crippen LogP contribution in [-0.4, -0.2) is 34.8 Å². The third kappa shape index (κ3) is 2.65. The third-order valence-corrected chi connectivity index (χ3v) is 1.97. The van der Waals surface area contributed by atoms with Crippen molar-refractivity contribution in [1.29, 1.82) is 0 Å². The Kier molecular flexibility index (Phi) is 4.04. The summed E-state index contributed by atoms with van der Waals surface area (Å²) in [7, 11) is 1.31. The molecule has 8 nitrogen and oxygen atoms in total. The van der Waals surface area contributed by atoms with E-state index in [-0.39, 0.29) is 18.2 Å². The summed E-state index contributed by atoms with van der Waals surface area (Å²) < 4.78 is 4.79. The average molecular weight is 251 g/mol. The number of nitrogens with zero attached hydrogens (tertiary/aromatic N) is 3. The Balaban J connectivity index is 3.37. The standard InChI is InChI=1S/C10H9N3O5/c1-3-6-12(10(14)15)9-7(13(16)17)4-5-8(11-9)18-2/h1,4-5H,6H2,2H3,(H,14,15). The highest BCUT2D eigenvalue weighted by molar-refractivity contribution is 5.88. The van der Waals surface area contributed by atoms with Crippen LogP contribution in [0.4, 0.5) is 16.3 Å². The lowest BCUT2D eigenvalue weighted by Crippen LogP contribution is -2.31. The van der Waals surface area contributed by atoms with Crippen LogP contribution in [0.3, 0.4) is 0 Å². The molecule has 1 amide bonds. The summed E-state index contributed by atoms with van der Waals surface area (Å²) in [6.07, 6.45) is 3.58. The molecule has 1 aromatic rings. The summed E-state index contributed by atoms with van der Waals surface area (Å²) in [4.78, 5) is 25.4. The number of rotatable bonds is 4. The molecule has 1 heterocycles. The number of carboxylic acid groups (broad SMARTS) is 1. The number of nitro groups is 1. The average Bonchev–Trinajstić information content (AvgIpc) is 2.34. The lowest BCUT2D eigenvalue weighted by Gasteiger charge is -2.15. The van der Waals surface area contributed by atoms with Gasteiger partial charge in [0.2, 0.25) is 11.7 Å². The van der Waals surface area contributed by atoms with Crippen LogP contribution in [0.5, 0.6) is 5.88 Å². The summed E-state index contributed by atoms with van der Waals surface area (Å²) in [6, 6.07) is 2.37. The van der Waals surface area contributed by atoms with Crippen molar-refractivity contribution < 1.29 is 19.6 Å². The first-order chi connectivity index (χ1) is 8.51. The number of methoxy groups -OCH3 is 1. The monoisotopic (exact) mass is 251 g/mol. The number of hydrogen-bond acceptors (Lipinski definition) is 5. The zero-order chi connectivity index (χ0) is 13.7. The van der Waals surface area contributed by atoms with E-state index in [0.29, 0.717) is 4.90 Å². The van der Waals surface area contributed by atoms with E-state index < -0.39 is 16.7 Å². The second-order valence-corrected chi connectivity index (χ2v) is 3.03. The number of anilines is 1. The Morgan fingerprint density at radius 2 is 2.39 bits per heavy atom. The van der Waals surface area contributed by atoms with E-state index in [9.17, 15) is 14.9 Å². The summed E-state index contributed by atoms with van der Waals surface area (Å²) >= 11 is 0. The number of amides is 1. The molecule has 0 atom stereocenters. The Morgan fingerprint density at radius 1 is 1.72 bits per heavy atom. The molecule has 0 aliphatic carbocycles. The van der Waals surface area contributed by atoms with Crippen LogP contribution >= 0.6 is 0 Å². The van der Waals surface area contributed by atoms with Gasteiger partial charge in [-0.2, -0.15) is 4.98 Å². The first-order valence-electron chi connectivity index (χ1n) is 4.64. The molecule has 0 radical (unpaired) electrons. The van der Waals surface area contributed by atoms with Crippen LogP contribution < -0.4 is 9.64 Å². The Hall–Kier alpha value is -2.82. The Morgan fingerprint density at radius 3 is 2.83 bits per heavy atom. The fourth-order valence-corrected chi connectivity index (χ4v) is 1.20. The number of carbonyl (C=O) groups is 1. The van der Waals surface area contributed by atoms with Gasteiger partial charge in [-0.15, -0.1) is 6.42 Å². The zero-order valence-electron chi connectivity index (χ0n) is 9.36. The first kappa shape index (κ1) is 13.2. The molecule has 1 aromatic heterocycles. The van der Waals surface area contributed by atoms with Crippen LogP contribution in [0.1, 0.15) is 0 Å². The van der Waals surface area contributed by atoms with Crippen molar-refractivity contribution in [3.05, 3.63) is 22.2 Å². The number of aromatic nitrogens is 1. The normalized spacial score (nSPS) is 9.33. The van der Waals surface area contributed by atoms with E-state index in [4.69, 9.17) is 16.3 Å². The number of pyridine rings is 1. The van der Waals surface area contributed by atoms with E-state index >= 15 is 0 Å². The zero-order valence-corrected chi connectivity index (χ0v) is 9.36. The van der Waals surface area contributed by atoms with Crippen molar-refractivity contribution in [1.82, 2.24) is 4.98 Å². The van der Waals surface area contributed by atoms with E-state index in [2.05, 4.69) is 10.9 Å². The molecule has 0 aromatic carbocycles. The van der Waals surface area contributed by atoms with Crippen LogP contribution in [0, 0.1) is 22.5 Å². The molecule has 0 saturated carbocycles. The lowest BCUT2D eigenvalue weighted by atomic mass is 10.3. The Labute approximate surface area is 102 Å². The molecular weight excluding hydrogens is 242 g/mol. The summed E-state index contributed by atoms with van der Waals surface area (Å²) in [5.74, 6) is 1.78. The predicted molar refractivity (Wildman–Crippen MR) is 61.6 cm³/mol. The van der Waals surface area contributed by atoms with E-state index in [0.717, 1.165) is 6.07 Å². The molecule has 0 spiro atoms. The van der Waals surface area contributed by atoms with Gasteiger partial charge >= 0.3 is 11.8 Å². The van der Waals surface area contributed by atoms with Gasteiger partial charge in [0.25, 0.3) is 0 Å². The van der Waals surface area contributed by atoms with Crippen molar-refractivity contribution in [2.24, 2.45) is 0 Å². The maximum absolute atomic E-state index is 11.0. The molecule has 18 heavy (non-hydrogen) atoms. The molecule has 0 saturated heterocycles. The minimum absolute atomic E-state index is 0.0545. The SMILES string of the molecule is C#CCN(C(=O)O)c1nc(OC)ccc1[N+](=O)[O-]. The van der Waals surface area contributed by atoms with E-state index in [1.54, 1.807) is 0 Å². The molecule has 0 aliphatic heterocycles. The second kappa shape index (κ2) is 5.49. The molecule has 94 valence electrons. The largest absolute Gasteiger partial charge is 0.481 e. The number of ether oxygens (including phenoxy) is 1. The highest BCUT2D eigenvalue weighted by Gasteiger charge is 2.26. The van der Waals surface area contributed by atoms with Gasteiger partial charge in [0.1, 0.15) is 0 Å². The second-order valence-electron chi connectivity index (χ2n) is 3.03. The van der Waals surface area contributed by atoms with Gasteiger partial charge in [0.15, 0.2) is 0 Å². The summed E-state index contributed by atoms with van der Waals surface area (Å²) in [6.45, 7) is -0.351. The van der Waals surface area contributed by atoms with Gasteiger partial charge < -0.3 is 9.84 Å². The minimum Gasteiger partial charge on any atom is -0.481 e. The molecule has 1 rings (SSSR count). The Bertz CT molecular complexity index is 523. The third-order valence-electron chi connectivity index (χ3n) is 1.97. The van der Waals surface area contributed by atoms with Crippen molar-refractivity contribution in [2.75, 3.05) is 18.6 Å². The van der Waals surface area contributed by atoms with Gasteiger partial charge in [-0.05, 0) is 0 Å². The fraction of sp³-hybridized carbons (Fsp3) is 0.200. The van der Waals surface area contributed by atoms with E-state index in [1.807, 2.05) is 0 Å². The topological polar surface area (TPSA) is 106 Å². The quantitative estimate of drug-likeness (QED) is 0.488.